The lowest BCUT2D eigenvalue weighted by atomic mass is 9.74. The number of aliphatic hydroxyl groups is 1. The van der Waals surface area contributed by atoms with Crippen LogP contribution in [-0.4, -0.2) is 27.3 Å². The number of ether oxygens (including phenoxy) is 1. The molecule has 1 N–H and O–H groups in total. The Hall–Kier alpha value is -1.00. The van der Waals surface area contributed by atoms with Crippen LogP contribution in [0.15, 0.2) is 18.7 Å². The maximum absolute atomic E-state index is 10.6. The third-order valence-corrected chi connectivity index (χ3v) is 3.82. The van der Waals surface area contributed by atoms with E-state index in [2.05, 4.69) is 16.9 Å². The fourth-order valence-corrected chi connectivity index (χ4v) is 3.05. The molecule has 0 amide bonds. The first-order chi connectivity index (χ1) is 8.68. The summed E-state index contributed by atoms with van der Waals surface area (Å²) in [4.78, 5) is 7.97. The molecule has 1 aromatic rings. The maximum atomic E-state index is 10.6. The Labute approximate surface area is 108 Å². The van der Waals surface area contributed by atoms with E-state index in [4.69, 9.17) is 4.74 Å². The third-order valence-electron chi connectivity index (χ3n) is 3.82. The Morgan fingerprint density at radius 3 is 2.83 bits per heavy atom. The van der Waals surface area contributed by atoms with Crippen molar-refractivity contribution in [1.29, 1.82) is 0 Å². The molecular weight excluding hydrogens is 228 g/mol. The highest BCUT2D eigenvalue weighted by Gasteiger charge is 2.42. The lowest BCUT2D eigenvalue weighted by Crippen LogP contribution is -2.43. The first-order valence-corrected chi connectivity index (χ1v) is 6.75. The van der Waals surface area contributed by atoms with Crippen molar-refractivity contribution < 1.29 is 9.84 Å². The summed E-state index contributed by atoms with van der Waals surface area (Å²) in [7, 11) is 0. The van der Waals surface area contributed by atoms with Crippen LogP contribution in [0.4, 0.5) is 0 Å². The van der Waals surface area contributed by atoms with Crippen LogP contribution < -0.4 is 0 Å². The molecule has 0 bridgehead atoms. The minimum absolute atomic E-state index is 0.461. The minimum Gasteiger partial charge on any atom is -0.385 e. The molecule has 1 aliphatic carbocycles. The number of hydrogen-bond acceptors (Lipinski definition) is 4. The predicted octanol–water partition coefficient (Wildman–Crippen LogP) is 2.50. The summed E-state index contributed by atoms with van der Waals surface area (Å²) in [5.74, 6) is 0.588. The number of aliphatic hydroxyl groups excluding tert-OH is 1. The van der Waals surface area contributed by atoms with E-state index in [1.807, 2.05) is 6.92 Å². The van der Waals surface area contributed by atoms with E-state index >= 15 is 0 Å². The van der Waals surface area contributed by atoms with E-state index in [1.54, 1.807) is 12.4 Å². The second-order valence-corrected chi connectivity index (χ2v) is 5.27. The van der Waals surface area contributed by atoms with Gasteiger partial charge in [0.1, 0.15) is 12.4 Å². The molecule has 0 aromatic carbocycles. The van der Waals surface area contributed by atoms with Crippen molar-refractivity contribution in [1.82, 2.24) is 9.97 Å². The SMILES string of the molecule is CCOC1(C(O)c2cncnc2)CCCC(C)C1. The summed E-state index contributed by atoms with van der Waals surface area (Å²) in [6.07, 6.45) is 8.32. The average Bonchev–Trinajstić information content (AvgIpc) is 2.39. The lowest BCUT2D eigenvalue weighted by Gasteiger charge is -2.43. The van der Waals surface area contributed by atoms with Crippen LogP contribution in [-0.2, 0) is 4.74 Å². The van der Waals surface area contributed by atoms with Gasteiger partial charge >= 0.3 is 0 Å². The molecule has 3 unspecified atom stereocenters. The van der Waals surface area contributed by atoms with Gasteiger partial charge in [-0.25, -0.2) is 9.97 Å². The number of rotatable bonds is 4. The first kappa shape index (κ1) is 13.4. The average molecular weight is 250 g/mol. The van der Waals surface area contributed by atoms with E-state index in [9.17, 15) is 5.11 Å². The number of nitrogens with zero attached hydrogens (tertiary/aromatic N) is 2. The van der Waals surface area contributed by atoms with Gasteiger partial charge in [0.05, 0.1) is 5.60 Å². The Balaban J connectivity index is 2.23. The van der Waals surface area contributed by atoms with E-state index < -0.39 is 11.7 Å². The second-order valence-electron chi connectivity index (χ2n) is 5.27. The van der Waals surface area contributed by atoms with Gasteiger partial charge in [0.25, 0.3) is 0 Å². The van der Waals surface area contributed by atoms with Crippen LogP contribution in [0.2, 0.25) is 0 Å². The molecule has 2 rings (SSSR count). The van der Waals surface area contributed by atoms with Gasteiger partial charge in [-0.15, -0.1) is 0 Å². The van der Waals surface area contributed by atoms with Gasteiger partial charge in [0.2, 0.25) is 0 Å². The molecule has 100 valence electrons. The molecule has 4 nitrogen and oxygen atoms in total. The van der Waals surface area contributed by atoms with Gasteiger partial charge in [0, 0.05) is 24.6 Å². The van der Waals surface area contributed by atoms with Gasteiger partial charge < -0.3 is 9.84 Å². The fraction of sp³-hybridized carbons (Fsp3) is 0.714. The van der Waals surface area contributed by atoms with E-state index in [1.165, 1.54) is 12.7 Å². The zero-order valence-electron chi connectivity index (χ0n) is 11.2. The summed E-state index contributed by atoms with van der Waals surface area (Å²) >= 11 is 0. The van der Waals surface area contributed by atoms with E-state index in [0.717, 1.165) is 24.8 Å². The molecule has 0 spiro atoms. The summed E-state index contributed by atoms with van der Waals surface area (Å²) in [5.41, 5.74) is 0.289. The van der Waals surface area contributed by atoms with Crippen molar-refractivity contribution in [3.8, 4) is 0 Å². The van der Waals surface area contributed by atoms with Crippen molar-refractivity contribution in [2.24, 2.45) is 5.92 Å². The molecule has 0 radical (unpaired) electrons. The molecule has 1 aliphatic rings. The molecule has 1 fully saturated rings. The topological polar surface area (TPSA) is 55.2 Å². The molecule has 1 saturated carbocycles. The smallest absolute Gasteiger partial charge is 0.115 e. The summed E-state index contributed by atoms with van der Waals surface area (Å²) in [6, 6.07) is 0. The third kappa shape index (κ3) is 2.70. The van der Waals surface area contributed by atoms with Gasteiger partial charge in [0.15, 0.2) is 0 Å². The molecule has 1 heterocycles. The Bertz CT molecular complexity index is 367. The molecule has 0 saturated heterocycles. The Morgan fingerprint density at radius 1 is 1.50 bits per heavy atom. The van der Waals surface area contributed by atoms with Crippen LogP contribution in [0.1, 0.15) is 51.2 Å². The molecule has 3 atom stereocenters. The first-order valence-electron chi connectivity index (χ1n) is 6.75. The lowest BCUT2D eigenvalue weighted by molar-refractivity contribution is -0.150. The van der Waals surface area contributed by atoms with Crippen LogP contribution in [0.5, 0.6) is 0 Å². The van der Waals surface area contributed by atoms with Gasteiger partial charge in [-0.2, -0.15) is 0 Å². The zero-order chi connectivity index (χ0) is 13.0. The van der Waals surface area contributed by atoms with Crippen molar-refractivity contribution >= 4 is 0 Å². The van der Waals surface area contributed by atoms with Crippen LogP contribution >= 0.6 is 0 Å². The van der Waals surface area contributed by atoms with Crippen LogP contribution in [0, 0.1) is 5.92 Å². The van der Waals surface area contributed by atoms with Crippen LogP contribution in [0.3, 0.4) is 0 Å². The minimum atomic E-state index is -0.638. The Morgan fingerprint density at radius 2 is 2.22 bits per heavy atom. The number of hydrogen-bond donors (Lipinski definition) is 1. The predicted molar refractivity (Wildman–Crippen MR) is 69.0 cm³/mol. The Kier molecular flexibility index (Phi) is 4.30. The van der Waals surface area contributed by atoms with Gasteiger partial charge in [-0.3, -0.25) is 0 Å². The quantitative estimate of drug-likeness (QED) is 0.892. The van der Waals surface area contributed by atoms with E-state index in [-0.39, 0.29) is 0 Å². The van der Waals surface area contributed by atoms with Crippen molar-refractivity contribution in [2.45, 2.75) is 51.2 Å². The molecule has 1 aromatic heterocycles. The second kappa shape index (κ2) is 5.76. The normalized spacial score (nSPS) is 30.1. The van der Waals surface area contributed by atoms with Gasteiger partial charge in [-0.1, -0.05) is 19.8 Å². The maximum Gasteiger partial charge on any atom is 0.115 e. The molecule has 18 heavy (non-hydrogen) atoms. The highest BCUT2D eigenvalue weighted by molar-refractivity contribution is 5.13. The largest absolute Gasteiger partial charge is 0.385 e. The monoisotopic (exact) mass is 250 g/mol. The molecule has 4 heteroatoms. The molecular formula is C14H22N2O2. The standard InChI is InChI=1S/C14H22N2O2/c1-3-18-14(6-4-5-11(2)7-14)13(17)12-8-15-10-16-9-12/h8-11,13,17H,3-7H2,1-2H3. The van der Waals surface area contributed by atoms with Crippen molar-refractivity contribution in [3.05, 3.63) is 24.3 Å². The van der Waals surface area contributed by atoms with Crippen molar-refractivity contribution in [3.63, 3.8) is 0 Å². The van der Waals surface area contributed by atoms with Crippen LogP contribution in [0.25, 0.3) is 0 Å². The van der Waals surface area contributed by atoms with E-state index in [0.29, 0.717) is 12.5 Å². The zero-order valence-corrected chi connectivity index (χ0v) is 11.2. The highest BCUT2D eigenvalue weighted by Crippen LogP contribution is 2.43. The fourth-order valence-electron chi connectivity index (χ4n) is 3.05. The van der Waals surface area contributed by atoms with Gasteiger partial charge in [-0.05, 0) is 25.7 Å². The summed E-state index contributed by atoms with van der Waals surface area (Å²) in [6.45, 7) is 4.83. The summed E-state index contributed by atoms with van der Waals surface area (Å²) in [5, 5.41) is 10.6. The highest BCUT2D eigenvalue weighted by atomic mass is 16.5. The summed E-state index contributed by atoms with van der Waals surface area (Å²) < 4.78 is 5.95. The van der Waals surface area contributed by atoms with Crippen molar-refractivity contribution in [2.75, 3.05) is 6.61 Å². The number of aromatic nitrogens is 2. The molecule has 0 aliphatic heterocycles.